The molecule has 0 bridgehead atoms. The van der Waals surface area contributed by atoms with E-state index in [2.05, 4.69) is 25.2 Å². The number of alkyl halides is 4. The summed E-state index contributed by atoms with van der Waals surface area (Å²) in [5.74, 6) is -8.79. The zero-order valence-corrected chi connectivity index (χ0v) is 27.9. The fraction of sp³-hybridized carbons (Fsp3) is 0.323. The van der Waals surface area contributed by atoms with Crippen LogP contribution in [0.4, 0.5) is 32.2 Å². The second-order valence-electron chi connectivity index (χ2n) is 12.4. The van der Waals surface area contributed by atoms with Crippen LogP contribution in [-0.4, -0.2) is 49.7 Å². The molecule has 2 aliphatic carbocycles. The van der Waals surface area contributed by atoms with Crippen molar-refractivity contribution in [1.29, 1.82) is 0 Å². The van der Waals surface area contributed by atoms with Crippen molar-refractivity contribution in [3.05, 3.63) is 97.9 Å². The van der Waals surface area contributed by atoms with Gasteiger partial charge in [-0.15, -0.1) is 0 Å². The minimum atomic E-state index is -3.85. The van der Waals surface area contributed by atoms with Crippen molar-refractivity contribution in [1.82, 2.24) is 34.4 Å². The molecule has 7 rings (SSSR count). The van der Waals surface area contributed by atoms with E-state index < -0.39 is 87.7 Å². The lowest BCUT2D eigenvalue weighted by molar-refractivity contribution is -0.123. The average molecular weight is 755 g/mol. The molecule has 1 saturated carbocycles. The molecule has 12 nitrogen and oxygen atoms in total. The summed E-state index contributed by atoms with van der Waals surface area (Å²) in [5, 5.41) is 10.6. The second-order valence-corrected chi connectivity index (χ2v) is 14.5. The molecule has 3 atom stereocenters. The SMILES string of the molecule is Cn1nc(NS(C)(=O)=O)c2c(Cl)ccc(-n3c(C(Cc4cc(F)cc(F)c4)NC(=O)Cn4nc(C(F)F)c5c4C(F)(F)[C@@H]4C[C@H]54)nccc3=O)c21. The maximum Gasteiger partial charge on any atom is 0.293 e. The van der Waals surface area contributed by atoms with Gasteiger partial charge in [0.1, 0.15) is 35.4 Å². The van der Waals surface area contributed by atoms with Crippen LogP contribution in [-0.2, 0) is 40.8 Å². The van der Waals surface area contributed by atoms with Gasteiger partial charge in [-0.05, 0) is 42.2 Å². The molecule has 0 radical (unpaired) electrons. The van der Waals surface area contributed by atoms with E-state index in [1.807, 2.05) is 0 Å². The lowest BCUT2D eigenvalue weighted by Crippen LogP contribution is -2.38. The highest BCUT2D eigenvalue weighted by molar-refractivity contribution is 7.92. The number of fused-ring (bicyclic) bond motifs is 4. The Labute approximate surface area is 289 Å². The van der Waals surface area contributed by atoms with Crippen molar-refractivity contribution >= 4 is 44.3 Å². The van der Waals surface area contributed by atoms with Crippen LogP contribution in [0, 0.1) is 17.6 Å². The number of benzene rings is 2. The highest BCUT2D eigenvalue weighted by Crippen LogP contribution is 2.68. The first kappa shape index (κ1) is 34.5. The topological polar surface area (TPSA) is 146 Å². The van der Waals surface area contributed by atoms with Crippen LogP contribution in [0.25, 0.3) is 16.6 Å². The van der Waals surface area contributed by atoms with Gasteiger partial charge in [0.15, 0.2) is 5.82 Å². The molecule has 2 N–H and O–H groups in total. The molecule has 3 aromatic heterocycles. The van der Waals surface area contributed by atoms with E-state index in [0.29, 0.717) is 10.7 Å². The third-order valence-electron chi connectivity index (χ3n) is 8.78. The zero-order valence-electron chi connectivity index (χ0n) is 26.3. The fourth-order valence-electron chi connectivity index (χ4n) is 6.82. The van der Waals surface area contributed by atoms with Crippen LogP contribution in [0.5, 0.6) is 0 Å². The number of halogens is 7. The van der Waals surface area contributed by atoms with Gasteiger partial charge >= 0.3 is 0 Å². The Balaban J connectivity index is 1.34. The second kappa shape index (κ2) is 12.1. The first-order valence-electron chi connectivity index (χ1n) is 15.2. The average Bonchev–Trinajstić information content (AvgIpc) is 3.56. The van der Waals surface area contributed by atoms with E-state index in [-0.39, 0.29) is 50.8 Å². The normalized spacial score (nSPS) is 18.2. The predicted octanol–water partition coefficient (Wildman–Crippen LogP) is 4.87. The van der Waals surface area contributed by atoms with Crippen molar-refractivity contribution in [2.45, 2.75) is 43.7 Å². The van der Waals surface area contributed by atoms with Gasteiger partial charge in [-0.3, -0.25) is 28.2 Å². The molecule has 1 amide bonds. The number of aryl methyl sites for hydroxylation is 1. The Morgan fingerprint density at radius 1 is 1.12 bits per heavy atom. The van der Waals surface area contributed by atoms with E-state index in [1.54, 1.807) is 0 Å². The van der Waals surface area contributed by atoms with E-state index in [4.69, 9.17) is 11.6 Å². The summed E-state index contributed by atoms with van der Waals surface area (Å²) >= 11 is 6.45. The molecule has 51 heavy (non-hydrogen) atoms. The quantitative estimate of drug-likeness (QED) is 0.194. The maximum absolute atomic E-state index is 15.2. The number of carbonyl (C=O) groups excluding carboxylic acids is 1. The molecule has 2 aliphatic rings. The minimum absolute atomic E-state index is 0.00420. The lowest BCUT2D eigenvalue weighted by atomic mass is 10.0. The molecule has 0 aliphatic heterocycles. The Morgan fingerprint density at radius 3 is 2.49 bits per heavy atom. The van der Waals surface area contributed by atoms with E-state index >= 15 is 8.78 Å². The van der Waals surface area contributed by atoms with Crippen molar-refractivity contribution < 1.29 is 39.6 Å². The molecule has 0 spiro atoms. The number of nitrogens with one attached hydrogen (secondary N) is 2. The minimum Gasteiger partial charge on any atom is -0.344 e. The number of amides is 1. The standard InChI is InChI=1S/C31H25ClF6N8O4S/c1-44-26-20(4-3-18(32)24(26)29(42-44)43-51(2,49)50)46-22(48)5-6-39-30(46)19(9-13-7-14(33)10-15(34)8-13)40-21(47)12-45-27-23(25(41-45)28(35)36)16-11-17(16)31(27,37)38/h3-8,10,16-17,19,28H,9,11-12H2,1-2H3,(H,40,47)(H,42,43)/t16-,17+,19?/m0/s1. The predicted molar refractivity (Wildman–Crippen MR) is 170 cm³/mol. The Kier molecular flexibility index (Phi) is 8.20. The maximum atomic E-state index is 15.2. The van der Waals surface area contributed by atoms with Crippen LogP contribution in [0.2, 0.25) is 5.02 Å². The molecule has 5 aromatic rings. The van der Waals surface area contributed by atoms with Gasteiger partial charge in [-0.25, -0.2) is 31.0 Å². The molecule has 0 saturated heterocycles. The van der Waals surface area contributed by atoms with Crippen LogP contribution >= 0.6 is 11.6 Å². The molecule has 20 heteroatoms. The van der Waals surface area contributed by atoms with Gasteiger partial charge in [0.25, 0.3) is 17.9 Å². The van der Waals surface area contributed by atoms with Crippen LogP contribution in [0.15, 0.2) is 47.4 Å². The smallest absolute Gasteiger partial charge is 0.293 e. The largest absolute Gasteiger partial charge is 0.344 e. The van der Waals surface area contributed by atoms with Crippen molar-refractivity contribution in [3.8, 4) is 5.69 Å². The van der Waals surface area contributed by atoms with Gasteiger partial charge in [-0.1, -0.05) is 11.6 Å². The van der Waals surface area contributed by atoms with Crippen molar-refractivity contribution in [2.75, 3.05) is 11.0 Å². The third-order valence-corrected chi connectivity index (χ3v) is 9.66. The summed E-state index contributed by atoms with van der Waals surface area (Å²) in [5.41, 5.74) is -2.42. The number of rotatable bonds is 10. The summed E-state index contributed by atoms with van der Waals surface area (Å²) in [6.07, 6.45) is -1.56. The number of anilines is 1. The lowest BCUT2D eigenvalue weighted by Gasteiger charge is -2.23. The molecule has 268 valence electrons. The van der Waals surface area contributed by atoms with Gasteiger partial charge in [0, 0.05) is 43.3 Å². The van der Waals surface area contributed by atoms with Gasteiger partial charge in [-0.2, -0.15) is 19.0 Å². The molecule has 1 unspecified atom stereocenters. The van der Waals surface area contributed by atoms with E-state index in [1.165, 1.54) is 23.9 Å². The number of hydrogen-bond donors (Lipinski definition) is 2. The number of nitrogens with zero attached hydrogens (tertiary/aromatic N) is 6. The fourth-order valence-corrected chi connectivity index (χ4v) is 7.56. The highest BCUT2D eigenvalue weighted by atomic mass is 35.5. The third kappa shape index (κ3) is 6.11. The highest BCUT2D eigenvalue weighted by Gasteiger charge is 2.67. The first-order valence-corrected chi connectivity index (χ1v) is 17.4. The molecule has 3 heterocycles. The summed E-state index contributed by atoms with van der Waals surface area (Å²) in [7, 11) is -2.40. The number of carbonyl (C=O) groups is 1. The van der Waals surface area contributed by atoms with Gasteiger partial charge in [0.05, 0.1) is 33.9 Å². The van der Waals surface area contributed by atoms with Crippen molar-refractivity contribution in [2.24, 2.45) is 13.0 Å². The van der Waals surface area contributed by atoms with Gasteiger partial charge < -0.3 is 5.32 Å². The Morgan fingerprint density at radius 2 is 1.82 bits per heavy atom. The Bertz CT molecular complexity index is 2410. The monoisotopic (exact) mass is 754 g/mol. The summed E-state index contributed by atoms with van der Waals surface area (Å²) in [4.78, 5) is 31.5. The van der Waals surface area contributed by atoms with Crippen LogP contribution in [0.3, 0.4) is 0 Å². The molecule has 2 aromatic carbocycles. The van der Waals surface area contributed by atoms with Gasteiger partial charge in [0.2, 0.25) is 15.9 Å². The van der Waals surface area contributed by atoms with E-state index in [0.717, 1.165) is 35.2 Å². The van der Waals surface area contributed by atoms with Crippen LogP contribution < -0.4 is 15.6 Å². The van der Waals surface area contributed by atoms with Crippen molar-refractivity contribution in [3.63, 3.8) is 0 Å². The van der Waals surface area contributed by atoms with Crippen LogP contribution in [0.1, 0.15) is 53.1 Å². The molecule has 1 fully saturated rings. The number of sulfonamides is 1. The number of hydrogen-bond acceptors (Lipinski definition) is 7. The number of aromatic nitrogens is 6. The molecular formula is C31H25ClF6N8O4S. The summed E-state index contributed by atoms with van der Waals surface area (Å²) in [6, 6.07) is 4.98. The Hall–Kier alpha value is -4.91. The zero-order chi connectivity index (χ0) is 36.7. The van der Waals surface area contributed by atoms with E-state index in [9.17, 15) is 35.6 Å². The molecular weight excluding hydrogens is 730 g/mol. The summed E-state index contributed by atoms with van der Waals surface area (Å²) < 4.78 is 116. The summed E-state index contributed by atoms with van der Waals surface area (Å²) in [6.45, 7) is -0.942. The first-order chi connectivity index (χ1) is 23.9.